The van der Waals surface area contributed by atoms with E-state index in [4.69, 9.17) is 0 Å². The van der Waals surface area contributed by atoms with E-state index in [0.29, 0.717) is 12.6 Å². The van der Waals surface area contributed by atoms with Crippen molar-refractivity contribution in [2.75, 3.05) is 26.2 Å². The normalized spacial score (nSPS) is 21.4. The van der Waals surface area contributed by atoms with Gasteiger partial charge >= 0.3 is 0 Å². The molecule has 4 rings (SSSR count). The molecule has 2 saturated heterocycles. The van der Waals surface area contributed by atoms with Gasteiger partial charge in [-0.1, -0.05) is 12.1 Å². The molecule has 1 N–H and O–H groups in total. The van der Waals surface area contributed by atoms with Crippen molar-refractivity contribution in [3.05, 3.63) is 65.7 Å². The zero-order valence-corrected chi connectivity index (χ0v) is 17.5. The van der Waals surface area contributed by atoms with Crippen molar-refractivity contribution >= 4 is 5.91 Å². The second-order valence-corrected chi connectivity index (χ2v) is 8.54. The van der Waals surface area contributed by atoms with Gasteiger partial charge in [-0.15, -0.1) is 0 Å². The minimum Gasteiger partial charge on any atom is -0.352 e. The average Bonchev–Trinajstić information content (AvgIpc) is 2.80. The van der Waals surface area contributed by atoms with Gasteiger partial charge in [0.15, 0.2) is 0 Å². The van der Waals surface area contributed by atoms with E-state index in [0.717, 1.165) is 64.0 Å². The number of halogens is 1. The van der Waals surface area contributed by atoms with E-state index in [-0.39, 0.29) is 17.6 Å². The Morgan fingerprint density at radius 2 is 1.73 bits per heavy atom. The van der Waals surface area contributed by atoms with Gasteiger partial charge in [-0.25, -0.2) is 4.39 Å². The van der Waals surface area contributed by atoms with Crippen LogP contribution >= 0.6 is 0 Å². The summed E-state index contributed by atoms with van der Waals surface area (Å²) >= 11 is 0. The Morgan fingerprint density at radius 1 is 1.00 bits per heavy atom. The first-order valence-electron chi connectivity index (χ1n) is 11.0. The van der Waals surface area contributed by atoms with E-state index in [1.165, 1.54) is 17.7 Å². The quantitative estimate of drug-likeness (QED) is 0.795. The van der Waals surface area contributed by atoms with Gasteiger partial charge in [0.05, 0.1) is 5.92 Å². The predicted octanol–water partition coefficient (Wildman–Crippen LogP) is 3.21. The summed E-state index contributed by atoms with van der Waals surface area (Å²) in [4.78, 5) is 21.8. The van der Waals surface area contributed by atoms with Crippen LogP contribution in [0.4, 0.5) is 4.39 Å². The Hall–Kier alpha value is -2.31. The topological polar surface area (TPSA) is 48.5 Å². The van der Waals surface area contributed by atoms with Gasteiger partial charge in [0.2, 0.25) is 5.91 Å². The molecule has 0 aliphatic carbocycles. The minimum atomic E-state index is -0.250. The lowest BCUT2D eigenvalue weighted by atomic mass is 9.93. The fourth-order valence-electron chi connectivity index (χ4n) is 4.68. The third-order valence-corrected chi connectivity index (χ3v) is 6.43. The van der Waals surface area contributed by atoms with Crippen molar-refractivity contribution in [2.24, 2.45) is 5.92 Å². The standard InChI is InChI=1S/C24H31FN4O/c25-22-5-3-19(4-6-22)16-27-24(30)21-2-1-13-29(18-21)23-9-14-28(15-10-23)17-20-7-11-26-12-8-20/h3-8,11-12,21,23H,1-2,9-10,13-18H2,(H,27,30)/t21-/m0/s1. The van der Waals surface area contributed by atoms with Crippen LogP contribution in [0.15, 0.2) is 48.8 Å². The molecule has 2 fully saturated rings. The van der Waals surface area contributed by atoms with Crippen molar-refractivity contribution in [3.8, 4) is 0 Å². The third-order valence-electron chi connectivity index (χ3n) is 6.43. The molecule has 3 heterocycles. The average molecular weight is 411 g/mol. The third kappa shape index (κ3) is 5.64. The molecule has 2 aliphatic heterocycles. The van der Waals surface area contributed by atoms with Gasteiger partial charge in [0.1, 0.15) is 5.82 Å². The molecule has 160 valence electrons. The lowest BCUT2D eigenvalue weighted by Crippen LogP contribution is -2.50. The number of likely N-dealkylation sites (tertiary alicyclic amines) is 2. The van der Waals surface area contributed by atoms with Crippen LogP contribution in [0.25, 0.3) is 0 Å². The Morgan fingerprint density at radius 3 is 2.47 bits per heavy atom. The number of hydrogen-bond donors (Lipinski definition) is 1. The molecule has 0 radical (unpaired) electrons. The Kier molecular flexibility index (Phi) is 7.07. The van der Waals surface area contributed by atoms with Crippen LogP contribution in [0.2, 0.25) is 0 Å². The van der Waals surface area contributed by atoms with Gasteiger partial charge in [0, 0.05) is 38.1 Å². The molecule has 0 saturated carbocycles. The van der Waals surface area contributed by atoms with Crippen molar-refractivity contribution in [1.29, 1.82) is 0 Å². The first-order chi connectivity index (χ1) is 14.7. The fraction of sp³-hybridized carbons (Fsp3) is 0.500. The van der Waals surface area contributed by atoms with Crippen molar-refractivity contribution in [3.63, 3.8) is 0 Å². The van der Waals surface area contributed by atoms with E-state index in [2.05, 4.69) is 32.2 Å². The maximum absolute atomic E-state index is 13.0. The van der Waals surface area contributed by atoms with Gasteiger partial charge in [0.25, 0.3) is 0 Å². The van der Waals surface area contributed by atoms with Crippen molar-refractivity contribution < 1.29 is 9.18 Å². The number of pyridine rings is 1. The van der Waals surface area contributed by atoms with Gasteiger partial charge in [-0.05, 0) is 80.7 Å². The molecule has 0 bridgehead atoms. The van der Waals surface area contributed by atoms with Crippen LogP contribution in [0, 0.1) is 11.7 Å². The Balaban J connectivity index is 1.23. The smallest absolute Gasteiger partial charge is 0.224 e. The summed E-state index contributed by atoms with van der Waals surface area (Å²) in [5, 5.41) is 3.04. The van der Waals surface area contributed by atoms with Crippen LogP contribution in [0.1, 0.15) is 36.8 Å². The number of piperidine rings is 2. The van der Waals surface area contributed by atoms with Crippen LogP contribution in [0.5, 0.6) is 0 Å². The lowest BCUT2D eigenvalue weighted by molar-refractivity contribution is -0.127. The van der Waals surface area contributed by atoms with Crippen LogP contribution < -0.4 is 5.32 Å². The number of aromatic nitrogens is 1. The molecule has 2 aromatic rings. The molecule has 1 aromatic heterocycles. The summed E-state index contributed by atoms with van der Waals surface area (Å²) in [5.74, 6) is -0.0759. The zero-order chi connectivity index (χ0) is 20.8. The molecule has 1 aromatic carbocycles. The summed E-state index contributed by atoms with van der Waals surface area (Å²) in [6, 6.07) is 11.1. The predicted molar refractivity (Wildman–Crippen MR) is 115 cm³/mol. The first-order valence-corrected chi connectivity index (χ1v) is 11.0. The molecular formula is C24H31FN4O. The van der Waals surface area contributed by atoms with Crippen LogP contribution in [-0.2, 0) is 17.9 Å². The van der Waals surface area contributed by atoms with Crippen LogP contribution in [-0.4, -0.2) is 52.9 Å². The monoisotopic (exact) mass is 410 g/mol. The molecular weight excluding hydrogens is 379 g/mol. The molecule has 6 heteroatoms. The minimum absolute atomic E-state index is 0.0500. The number of nitrogens with one attached hydrogen (secondary N) is 1. The number of carbonyl (C=O) groups excluding carboxylic acids is 1. The molecule has 1 atom stereocenters. The molecule has 30 heavy (non-hydrogen) atoms. The second kappa shape index (κ2) is 10.1. The first kappa shape index (κ1) is 20.9. The summed E-state index contributed by atoms with van der Waals surface area (Å²) in [6.45, 7) is 5.60. The Bertz CT molecular complexity index is 806. The highest BCUT2D eigenvalue weighted by atomic mass is 19.1. The van der Waals surface area contributed by atoms with E-state index < -0.39 is 0 Å². The Labute approximate surface area is 178 Å². The zero-order valence-electron chi connectivity index (χ0n) is 17.5. The molecule has 5 nitrogen and oxygen atoms in total. The fourth-order valence-corrected chi connectivity index (χ4v) is 4.68. The van der Waals surface area contributed by atoms with E-state index >= 15 is 0 Å². The highest BCUT2D eigenvalue weighted by Crippen LogP contribution is 2.24. The summed E-state index contributed by atoms with van der Waals surface area (Å²) in [6.07, 6.45) is 8.07. The molecule has 2 aliphatic rings. The second-order valence-electron chi connectivity index (χ2n) is 8.54. The summed E-state index contributed by atoms with van der Waals surface area (Å²) in [5.41, 5.74) is 2.25. The molecule has 1 amide bonds. The largest absolute Gasteiger partial charge is 0.352 e. The highest BCUT2D eigenvalue weighted by molar-refractivity contribution is 5.79. The highest BCUT2D eigenvalue weighted by Gasteiger charge is 2.31. The summed E-state index contributed by atoms with van der Waals surface area (Å²) < 4.78 is 13.0. The van der Waals surface area contributed by atoms with E-state index in [1.54, 1.807) is 12.1 Å². The van der Waals surface area contributed by atoms with Crippen LogP contribution in [0.3, 0.4) is 0 Å². The number of hydrogen-bond acceptors (Lipinski definition) is 4. The maximum atomic E-state index is 13.0. The van der Waals surface area contributed by atoms with E-state index in [9.17, 15) is 9.18 Å². The van der Waals surface area contributed by atoms with Gasteiger partial charge < -0.3 is 5.32 Å². The number of carbonyl (C=O) groups is 1. The number of nitrogens with zero attached hydrogens (tertiary/aromatic N) is 3. The molecule has 0 spiro atoms. The SMILES string of the molecule is O=C(NCc1ccc(F)cc1)[C@H]1CCCN(C2CCN(Cc3ccncc3)CC2)C1. The van der Waals surface area contributed by atoms with Gasteiger partial charge in [-0.3, -0.25) is 19.6 Å². The van der Waals surface area contributed by atoms with Crippen molar-refractivity contribution in [1.82, 2.24) is 20.1 Å². The van der Waals surface area contributed by atoms with Crippen molar-refractivity contribution in [2.45, 2.75) is 44.8 Å². The van der Waals surface area contributed by atoms with Gasteiger partial charge in [-0.2, -0.15) is 0 Å². The van der Waals surface area contributed by atoms with E-state index in [1.807, 2.05) is 12.4 Å². The lowest BCUT2D eigenvalue weighted by Gasteiger charge is -2.42. The number of benzene rings is 1. The summed E-state index contributed by atoms with van der Waals surface area (Å²) in [7, 11) is 0. The molecule has 0 unspecified atom stereocenters. The number of rotatable bonds is 6. The maximum Gasteiger partial charge on any atom is 0.224 e. The number of amides is 1.